The standard InChI is InChI=1S/C16H15BrN2O2/c1-3-5-8-13-12(4-2)15(20)19(16(13)21)10-11-7-6-9-18-14(11)17/h3,5-9H,1,4,10H2,2H3/b8-5-. The molecule has 0 unspecified atom stereocenters. The summed E-state index contributed by atoms with van der Waals surface area (Å²) in [5, 5.41) is 0. The molecule has 1 aliphatic heterocycles. The molecule has 5 heteroatoms. The van der Waals surface area contributed by atoms with Crippen molar-refractivity contribution in [3.05, 3.63) is 64.4 Å². The fourth-order valence-electron chi connectivity index (χ4n) is 2.17. The quantitative estimate of drug-likeness (QED) is 0.467. The van der Waals surface area contributed by atoms with Crippen molar-refractivity contribution >= 4 is 27.7 Å². The van der Waals surface area contributed by atoms with Gasteiger partial charge in [-0.3, -0.25) is 14.5 Å². The normalized spacial score (nSPS) is 15.4. The zero-order valence-corrected chi connectivity index (χ0v) is 13.3. The first-order valence-electron chi connectivity index (χ1n) is 6.58. The zero-order chi connectivity index (χ0) is 15.4. The van der Waals surface area contributed by atoms with E-state index in [0.717, 1.165) is 5.56 Å². The third-order valence-electron chi connectivity index (χ3n) is 3.22. The number of nitrogens with zero attached hydrogens (tertiary/aromatic N) is 2. The molecule has 0 saturated carbocycles. The van der Waals surface area contributed by atoms with Gasteiger partial charge in [-0.25, -0.2) is 4.98 Å². The average Bonchev–Trinajstić information content (AvgIpc) is 2.70. The molecular weight excluding hydrogens is 332 g/mol. The van der Waals surface area contributed by atoms with Crippen LogP contribution >= 0.6 is 15.9 Å². The van der Waals surface area contributed by atoms with Crippen LogP contribution in [0.4, 0.5) is 0 Å². The number of hydrogen-bond donors (Lipinski definition) is 0. The van der Waals surface area contributed by atoms with Crippen LogP contribution in [0.15, 0.2) is 58.9 Å². The van der Waals surface area contributed by atoms with Crippen molar-refractivity contribution < 1.29 is 9.59 Å². The summed E-state index contributed by atoms with van der Waals surface area (Å²) in [4.78, 5) is 30.2. The first-order chi connectivity index (χ1) is 10.1. The van der Waals surface area contributed by atoms with E-state index in [1.807, 2.05) is 13.0 Å². The van der Waals surface area contributed by atoms with Crippen LogP contribution in [0.2, 0.25) is 0 Å². The summed E-state index contributed by atoms with van der Waals surface area (Å²) in [6.07, 6.45) is 7.06. The molecule has 2 amide bonds. The van der Waals surface area contributed by atoms with Gasteiger partial charge < -0.3 is 0 Å². The second-order valence-electron chi connectivity index (χ2n) is 4.49. The number of amides is 2. The van der Waals surface area contributed by atoms with Crippen molar-refractivity contribution in [2.75, 3.05) is 0 Å². The molecule has 0 bridgehead atoms. The van der Waals surface area contributed by atoms with Crippen molar-refractivity contribution in [1.29, 1.82) is 0 Å². The van der Waals surface area contributed by atoms with Gasteiger partial charge in [-0.15, -0.1) is 0 Å². The van der Waals surface area contributed by atoms with E-state index < -0.39 is 0 Å². The predicted octanol–water partition coefficient (Wildman–Crippen LogP) is 3.16. The molecule has 0 aliphatic carbocycles. The van der Waals surface area contributed by atoms with Crippen molar-refractivity contribution in [2.45, 2.75) is 19.9 Å². The molecule has 2 rings (SSSR count). The average molecular weight is 347 g/mol. The Bertz CT molecular complexity index is 662. The SMILES string of the molecule is C=C/C=C\C1=C(CC)C(=O)N(Cc2cccnc2Br)C1=O. The Morgan fingerprint density at radius 3 is 2.76 bits per heavy atom. The van der Waals surface area contributed by atoms with Crippen LogP contribution < -0.4 is 0 Å². The molecule has 1 aromatic rings. The maximum absolute atomic E-state index is 12.4. The Kier molecular flexibility index (Phi) is 4.85. The van der Waals surface area contributed by atoms with Gasteiger partial charge in [-0.2, -0.15) is 0 Å². The Balaban J connectivity index is 2.31. The number of carbonyl (C=O) groups excluding carboxylic acids is 2. The predicted molar refractivity (Wildman–Crippen MR) is 84.1 cm³/mol. The Hall–Kier alpha value is -2.01. The first kappa shape index (κ1) is 15.4. The van der Waals surface area contributed by atoms with Crippen LogP contribution in [-0.4, -0.2) is 21.7 Å². The fourth-order valence-corrected chi connectivity index (χ4v) is 2.55. The van der Waals surface area contributed by atoms with Crippen LogP contribution in [0.25, 0.3) is 0 Å². The highest BCUT2D eigenvalue weighted by molar-refractivity contribution is 9.10. The van der Waals surface area contributed by atoms with E-state index in [9.17, 15) is 9.59 Å². The largest absolute Gasteiger partial charge is 0.270 e. The summed E-state index contributed by atoms with van der Waals surface area (Å²) < 4.78 is 0.638. The summed E-state index contributed by atoms with van der Waals surface area (Å²) >= 11 is 3.33. The minimum absolute atomic E-state index is 0.209. The van der Waals surface area contributed by atoms with Crippen LogP contribution in [-0.2, 0) is 16.1 Å². The van der Waals surface area contributed by atoms with E-state index in [-0.39, 0.29) is 18.4 Å². The molecule has 0 radical (unpaired) electrons. The second-order valence-corrected chi connectivity index (χ2v) is 5.24. The smallest absolute Gasteiger partial charge is 0.261 e. The van der Waals surface area contributed by atoms with Crippen LogP contribution in [0, 0.1) is 0 Å². The van der Waals surface area contributed by atoms with E-state index in [1.165, 1.54) is 4.90 Å². The third-order valence-corrected chi connectivity index (χ3v) is 3.94. The topological polar surface area (TPSA) is 50.3 Å². The molecule has 4 nitrogen and oxygen atoms in total. The maximum atomic E-state index is 12.4. The lowest BCUT2D eigenvalue weighted by Crippen LogP contribution is -2.31. The molecule has 2 heterocycles. The van der Waals surface area contributed by atoms with Crippen LogP contribution in [0.5, 0.6) is 0 Å². The molecule has 21 heavy (non-hydrogen) atoms. The van der Waals surface area contributed by atoms with Crippen molar-refractivity contribution in [3.8, 4) is 0 Å². The van der Waals surface area contributed by atoms with Crippen molar-refractivity contribution in [1.82, 2.24) is 9.88 Å². The summed E-state index contributed by atoms with van der Waals surface area (Å²) in [6.45, 7) is 5.66. The van der Waals surface area contributed by atoms with Crippen LogP contribution in [0.3, 0.4) is 0 Å². The molecule has 0 N–H and O–H groups in total. The van der Waals surface area contributed by atoms with Gasteiger partial charge in [0.15, 0.2) is 0 Å². The highest BCUT2D eigenvalue weighted by atomic mass is 79.9. The fraction of sp³-hybridized carbons (Fsp3) is 0.188. The Morgan fingerprint density at radius 2 is 2.14 bits per heavy atom. The van der Waals surface area contributed by atoms with Gasteiger partial charge in [-0.1, -0.05) is 31.7 Å². The van der Waals surface area contributed by atoms with Gasteiger partial charge in [0.2, 0.25) is 0 Å². The van der Waals surface area contributed by atoms with E-state index in [2.05, 4.69) is 27.5 Å². The number of rotatable bonds is 5. The molecule has 1 aromatic heterocycles. The van der Waals surface area contributed by atoms with Crippen molar-refractivity contribution in [3.63, 3.8) is 0 Å². The minimum atomic E-state index is -0.272. The Morgan fingerprint density at radius 1 is 1.38 bits per heavy atom. The summed E-state index contributed by atoms with van der Waals surface area (Å²) in [5.74, 6) is -0.507. The third kappa shape index (κ3) is 3.03. The number of halogens is 1. The number of pyridine rings is 1. The summed E-state index contributed by atoms with van der Waals surface area (Å²) in [7, 11) is 0. The van der Waals surface area contributed by atoms with E-state index in [1.54, 1.807) is 30.5 Å². The minimum Gasteiger partial charge on any atom is -0.270 e. The number of hydrogen-bond acceptors (Lipinski definition) is 3. The van der Waals surface area contributed by atoms with Gasteiger partial charge in [0.25, 0.3) is 11.8 Å². The van der Waals surface area contributed by atoms with Crippen LogP contribution in [0.1, 0.15) is 18.9 Å². The molecule has 0 saturated heterocycles. The first-order valence-corrected chi connectivity index (χ1v) is 7.37. The number of carbonyl (C=O) groups is 2. The molecule has 1 aliphatic rings. The molecule has 108 valence electrons. The molecule has 0 atom stereocenters. The lowest BCUT2D eigenvalue weighted by atomic mass is 10.1. The second kappa shape index (κ2) is 6.63. The monoisotopic (exact) mass is 346 g/mol. The van der Waals surface area contributed by atoms with Crippen molar-refractivity contribution in [2.24, 2.45) is 0 Å². The maximum Gasteiger partial charge on any atom is 0.261 e. The Labute approximate surface area is 132 Å². The van der Waals surface area contributed by atoms with Gasteiger partial charge in [0, 0.05) is 22.9 Å². The lowest BCUT2D eigenvalue weighted by Gasteiger charge is -2.15. The summed E-state index contributed by atoms with van der Waals surface area (Å²) in [5.41, 5.74) is 1.78. The highest BCUT2D eigenvalue weighted by Crippen LogP contribution is 2.27. The van der Waals surface area contributed by atoms with Gasteiger partial charge in [-0.05, 0) is 34.5 Å². The van der Waals surface area contributed by atoms with E-state index in [4.69, 9.17) is 0 Å². The van der Waals surface area contributed by atoms with Gasteiger partial charge in [0.1, 0.15) is 4.60 Å². The number of aromatic nitrogens is 1. The van der Waals surface area contributed by atoms with E-state index in [0.29, 0.717) is 22.2 Å². The molecular formula is C16H15BrN2O2. The molecule has 0 spiro atoms. The lowest BCUT2D eigenvalue weighted by molar-refractivity contribution is -0.138. The van der Waals surface area contributed by atoms with Gasteiger partial charge >= 0.3 is 0 Å². The molecule has 0 aromatic carbocycles. The number of imide groups is 1. The van der Waals surface area contributed by atoms with E-state index >= 15 is 0 Å². The van der Waals surface area contributed by atoms with Gasteiger partial charge in [0.05, 0.1) is 6.54 Å². The number of allylic oxidation sites excluding steroid dienone is 2. The molecule has 0 fully saturated rings. The summed E-state index contributed by atoms with van der Waals surface area (Å²) in [6, 6.07) is 3.61. The zero-order valence-electron chi connectivity index (χ0n) is 11.7. The highest BCUT2D eigenvalue weighted by Gasteiger charge is 2.35.